The Hall–Kier alpha value is -2.67. The maximum absolute atomic E-state index is 12.5. The molecular weight excluding hydrogens is 372 g/mol. The van der Waals surface area contributed by atoms with Crippen molar-refractivity contribution in [3.8, 4) is 0 Å². The number of para-hydroxylation sites is 1. The van der Waals surface area contributed by atoms with Crippen LogP contribution < -0.4 is 15.5 Å². The molecule has 1 heterocycles. The van der Waals surface area contributed by atoms with E-state index < -0.39 is 6.04 Å². The van der Waals surface area contributed by atoms with E-state index >= 15 is 0 Å². The highest BCUT2D eigenvalue weighted by molar-refractivity contribution is 7.98. The van der Waals surface area contributed by atoms with Gasteiger partial charge < -0.3 is 20.4 Å². The average Bonchev–Trinajstić information content (AvgIpc) is 2.74. The lowest BCUT2D eigenvalue weighted by atomic mass is 10.2. The summed E-state index contributed by atoms with van der Waals surface area (Å²) < 4.78 is 0. The summed E-state index contributed by atoms with van der Waals surface area (Å²) in [5, 5.41) is 5.66. The largest absolute Gasteiger partial charge is 0.368 e. The molecule has 28 heavy (non-hydrogen) atoms. The van der Waals surface area contributed by atoms with Gasteiger partial charge in [0.25, 0.3) is 0 Å². The molecule has 0 radical (unpaired) electrons. The first-order valence-corrected chi connectivity index (χ1v) is 10.6. The zero-order valence-corrected chi connectivity index (χ0v) is 17.0. The van der Waals surface area contributed by atoms with E-state index in [4.69, 9.17) is 0 Å². The van der Waals surface area contributed by atoms with Crippen LogP contribution in [-0.4, -0.2) is 55.3 Å². The van der Waals surface area contributed by atoms with Crippen molar-refractivity contribution in [2.45, 2.75) is 17.9 Å². The van der Waals surface area contributed by atoms with E-state index in [1.807, 2.05) is 48.7 Å². The molecule has 0 saturated carbocycles. The first-order valence-electron chi connectivity index (χ1n) is 9.37. The summed E-state index contributed by atoms with van der Waals surface area (Å²) >= 11 is 1.61. The van der Waals surface area contributed by atoms with E-state index in [0.717, 1.165) is 23.7 Å². The normalized spacial score (nSPS) is 15.1. The zero-order chi connectivity index (χ0) is 19.9. The maximum Gasteiger partial charge on any atom is 0.318 e. The number of anilines is 2. The Balaban J connectivity index is 1.48. The molecule has 0 aromatic heterocycles. The number of benzene rings is 2. The fourth-order valence-electron chi connectivity index (χ4n) is 3.10. The van der Waals surface area contributed by atoms with Gasteiger partial charge in [0.15, 0.2) is 0 Å². The van der Waals surface area contributed by atoms with Gasteiger partial charge in [-0.1, -0.05) is 24.3 Å². The second-order valence-electron chi connectivity index (χ2n) is 6.70. The van der Waals surface area contributed by atoms with Gasteiger partial charge in [-0.2, -0.15) is 0 Å². The van der Waals surface area contributed by atoms with Crippen molar-refractivity contribution in [1.82, 2.24) is 10.2 Å². The number of thioether (sulfide) groups is 1. The number of carbonyl (C=O) groups is 2. The molecule has 0 bridgehead atoms. The van der Waals surface area contributed by atoms with Crippen LogP contribution in [0.5, 0.6) is 0 Å². The maximum atomic E-state index is 12.5. The van der Waals surface area contributed by atoms with Gasteiger partial charge in [-0.3, -0.25) is 4.79 Å². The molecule has 1 fully saturated rings. The van der Waals surface area contributed by atoms with Crippen LogP contribution in [0.2, 0.25) is 0 Å². The highest BCUT2D eigenvalue weighted by Gasteiger charge is 2.24. The van der Waals surface area contributed by atoms with Crippen LogP contribution in [0.25, 0.3) is 0 Å². The van der Waals surface area contributed by atoms with Gasteiger partial charge >= 0.3 is 6.03 Å². The number of hydrogen-bond donors (Lipinski definition) is 2. The molecule has 1 aliphatic rings. The summed E-state index contributed by atoms with van der Waals surface area (Å²) in [6.07, 6.45) is 1.99. The number of hydrogen-bond acceptors (Lipinski definition) is 4. The third-order valence-corrected chi connectivity index (χ3v) is 5.48. The minimum atomic E-state index is -0.613. The molecule has 3 rings (SSSR count). The summed E-state index contributed by atoms with van der Waals surface area (Å²) in [4.78, 5) is 30.0. The Morgan fingerprint density at radius 2 is 1.71 bits per heavy atom. The van der Waals surface area contributed by atoms with Crippen molar-refractivity contribution in [2.75, 3.05) is 42.7 Å². The van der Waals surface area contributed by atoms with Gasteiger partial charge in [-0.15, -0.1) is 11.8 Å². The van der Waals surface area contributed by atoms with Crippen molar-refractivity contribution in [3.05, 3.63) is 54.6 Å². The van der Waals surface area contributed by atoms with E-state index in [1.54, 1.807) is 23.6 Å². The van der Waals surface area contributed by atoms with Crippen LogP contribution in [0.1, 0.15) is 6.92 Å². The predicted molar refractivity (Wildman–Crippen MR) is 115 cm³/mol. The number of rotatable bonds is 5. The Kier molecular flexibility index (Phi) is 6.81. The van der Waals surface area contributed by atoms with Crippen molar-refractivity contribution in [2.24, 2.45) is 0 Å². The Morgan fingerprint density at radius 3 is 2.39 bits per heavy atom. The highest BCUT2D eigenvalue weighted by Crippen LogP contribution is 2.19. The SMILES string of the molecule is CSc1cccc(NC(=O)[C@@H](C)NC(=O)N2CCN(c3ccccc3)CC2)c1. The van der Waals surface area contributed by atoms with E-state index in [0.29, 0.717) is 13.1 Å². The van der Waals surface area contributed by atoms with E-state index in [9.17, 15) is 9.59 Å². The second-order valence-corrected chi connectivity index (χ2v) is 7.58. The quantitative estimate of drug-likeness (QED) is 0.759. The van der Waals surface area contributed by atoms with Crippen LogP contribution in [0.3, 0.4) is 0 Å². The summed E-state index contributed by atoms with van der Waals surface area (Å²) in [7, 11) is 0. The summed E-state index contributed by atoms with van der Waals surface area (Å²) in [6, 6.07) is 17.0. The molecule has 6 nitrogen and oxygen atoms in total. The van der Waals surface area contributed by atoms with Crippen molar-refractivity contribution in [1.29, 1.82) is 0 Å². The lowest BCUT2D eigenvalue weighted by molar-refractivity contribution is -0.117. The van der Waals surface area contributed by atoms with Gasteiger partial charge in [0.1, 0.15) is 6.04 Å². The fourth-order valence-corrected chi connectivity index (χ4v) is 3.56. The molecule has 3 amide bonds. The molecule has 1 saturated heterocycles. The molecule has 1 atom stereocenters. The molecule has 7 heteroatoms. The lowest BCUT2D eigenvalue weighted by Gasteiger charge is -2.36. The topological polar surface area (TPSA) is 64.7 Å². The lowest BCUT2D eigenvalue weighted by Crippen LogP contribution is -2.54. The molecule has 2 aromatic carbocycles. The highest BCUT2D eigenvalue weighted by atomic mass is 32.2. The van der Waals surface area contributed by atoms with Gasteiger partial charge in [-0.05, 0) is 43.5 Å². The average molecular weight is 399 g/mol. The first kappa shape index (κ1) is 20.1. The summed E-state index contributed by atoms with van der Waals surface area (Å²) in [5.41, 5.74) is 1.90. The third-order valence-electron chi connectivity index (χ3n) is 4.76. The summed E-state index contributed by atoms with van der Waals surface area (Å²) in [5.74, 6) is -0.227. The first-order chi connectivity index (χ1) is 13.6. The molecule has 0 aliphatic carbocycles. The fraction of sp³-hybridized carbons (Fsp3) is 0.333. The van der Waals surface area contributed by atoms with Crippen molar-refractivity contribution < 1.29 is 9.59 Å². The second kappa shape index (κ2) is 9.50. The molecule has 2 aromatic rings. The van der Waals surface area contributed by atoms with Gasteiger partial charge in [0.2, 0.25) is 5.91 Å². The zero-order valence-electron chi connectivity index (χ0n) is 16.2. The molecule has 1 aliphatic heterocycles. The van der Waals surface area contributed by atoms with Crippen LogP contribution in [-0.2, 0) is 4.79 Å². The van der Waals surface area contributed by atoms with Crippen molar-refractivity contribution in [3.63, 3.8) is 0 Å². The number of nitrogens with zero attached hydrogens (tertiary/aromatic N) is 2. The molecule has 0 spiro atoms. The number of nitrogens with one attached hydrogen (secondary N) is 2. The third kappa shape index (κ3) is 5.19. The Morgan fingerprint density at radius 1 is 1.00 bits per heavy atom. The van der Waals surface area contributed by atoms with Crippen molar-refractivity contribution >= 4 is 35.1 Å². The van der Waals surface area contributed by atoms with E-state index in [1.165, 1.54) is 5.69 Å². The summed E-state index contributed by atoms with van der Waals surface area (Å²) in [6.45, 7) is 4.51. The van der Waals surface area contributed by atoms with E-state index in [-0.39, 0.29) is 11.9 Å². The Labute approximate surface area is 170 Å². The van der Waals surface area contributed by atoms with Crippen LogP contribution >= 0.6 is 11.8 Å². The minimum Gasteiger partial charge on any atom is -0.368 e. The smallest absolute Gasteiger partial charge is 0.318 e. The minimum absolute atomic E-state index is 0.201. The number of piperazine rings is 1. The molecule has 148 valence electrons. The number of carbonyl (C=O) groups excluding carboxylic acids is 2. The molecular formula is C21H26N4O2S. The standard InChI is InChI=1S/C21H26N4O2S/c1-16(20(26)23-17-7-6-10-19(15-17)28-2)22-21(27)25-13-11-24(12-14-25)18-8-4-3-5-9-18/h3-10,15-16H,11-14H2,1-2H3,(H,22,27)(H,23,26)/t16-/m1/s1. The van der Waals surface area contributed by atoms with E-state index in [2.05, 4.69) is 27.7 Å². The Bertz CT molecular complexity index is 807. The number of urea groups is 1. The van der Waals surface area contributed by atoms with Gasteiger partial charge in [-0.25, -0.2) is 4.79 Å². The van der Waals surface area contributed by atoms with Crippen LogP contribution in [0, 0.1) is 0 Å². The molecule has 2 N–H and O–H groups in total. The molecule has 0 unspecified atom stereocenters. The van der Waals surface area contributed by atoms with Crippen LogP contribution in [0.15, 0.2) is 59.5 Å². The predicted octanol–water partition coefficient (Wildman–Crippen LogP) is 3.27. The van der Waals surface area contributed by atoms with Gasteiger partial charge in [0, 0.05) is 42.4 Å². The van der Waals surface area contributed by atoms with Gasteiger partial charge in [0.05, 0.1) is 0 Å². The number of amides is 3. The monoisotopic (exact) mass is 398 g/mol. The van der Waals surface area contributed by atoms with Crippen LogP contribution in [0.4, 0.5) is 16.2 Å².